The number of nitrogens with zero attached hydrogens (tertiary/aromatic N) is 3. The molecular weight excluding hydrogens is 362 g/mol. The Morgan fingerprint density at radius 2 is 1.89 bits per heavy atom. The van der Waals surface area contributed by atoms with Gasteiger partial charge in [0.05, 0.1) is 0 Å². The molecule has 1 aliphatic heterocycles. The van der Waals surface area contributed by atoms with Crippen molar-refractivity contribution in [1.29, 1.82) is 0 Å². The molecule has 1 aromatic heterocycles. The molecule has 0 bridgehead atoms. The zero-order valence-corrected chi connectivity index (χ0v) is 16.3. The average Bonchev–Trinajstić information content (AvgIpc) is 2.94. The number of amides is 2. The van der Waals surface area contributed by atoms with E-state index in [9.17, 15) is 9.59 Å². The van der Waals surface area contributed by atoms with E-state index in [2.05, 4.69) is 25.7 Å². The molecule has 2 amide bonds. The number of nitrogens with one attached hydrogen (secondary N) is 2. The summed E-state index contributed by atoms with van der Waals surface area (Å²) in [5.41, 5.74) is 1.09. The summed E-state index contributed by atoms with van der Waals surface area (Å²) in [7, 11) is 0. The quantitative estimate of drug-likeness (QED) is 0.796. The van der Waals surface area contributed by atoms with E-state index in [1.54, 1.807) is 31.2 Å². The molecule has 1 aromatic carbocycles. The van der Waals surface area contributed by atoms with E-state index >= 15 is 0 Å². The highest BCUT2D eigenvalue weighted by Crippen LogP contribution is 2.14. The molecule has 2 N–H and O–H groups in total. The minimum Gasteiger partial charge on any atom is -0.351 e. The molecule has 0 aliphatic carbocycles. The van der Waals surface area contributed by atoms with Crippen molar-refractivity contribution in [3.05, 3.63) is 39.8 Å². The molecular formula is C19H25N5O2S. The lowest BCUT2D eigenvalue weighted by atomic mass is 10.2. The molecule has 3 rings (SSSR count). The molecule has 1 fully saturated rings. The van der Waals surface area contributed by atoms with Crippen LogP contribution < -0.4 is 10.6 Å². The Hall–Kier alpha value is -2.32. The van der Waals surface area contributed by atoms with Gasteiger partial charge < -0.3 is 15.5 Å². The fraction of sp³-hybridized carbons (Fsp3) is 0.474. The van der Waals surface area contributed by atoms with Gasteiger partial charge in [-0.2, -0.15) is 0 Å². The van der Waals surface area contributed by atoms with Crippen LogP contribution in [0.5, 0.6) is 0 Å². The van der Waals surface area contributed by atoms with Crippen molar-refractivity contribution in [2.24, 2.45) is 0 Å². The van der Waals surface area contributed by atoms with Crippen LogP contribution in [0.15, 0.2) is 24.3 Å². The molecule has 1 aliphatic rings. The Labute approximate surface area is 163 Å². The number of hydrogen-bond donors (Lipinski definition) is 2. The number of hydrogen-bond acceptors (Lipinski definition) is 6. The number of aromatic nitrogens is 2. The molecule has 144 valence electrons. The third-order valence-corrected chi connectivity index (χ3v) is 5.35. The van der Waals surface area contributed by atoms with Crippen LogP contribution in [0.1, 0.15) is 50.9 Å². The molecule has 0 radical (unpaired) electrons. The predicted molar refractivity (Wildman–Crippen MR) is 106 cm³/mol. The van der Waals surface area contributed by atoms with Crippen molar-refractivity contribution in [3.63, 3.8) is 0 Å². The smallest absolute Gasteiger partial charge is 0.286 e. The Kier molecular flexibility index (Phi) is 6.89. The Morgan fingerprint density at radius 1 is 1.11 bits per heavy atom. The fourth-order valence-corrected chi connectivity index (χ4v) is 3.69. The van der Waals surface area contributed by atoms with Crippen molar-refractivity contribution in [3.8, 4) is 0 Å². The van der Waals surface area contributed by atoms with Crippen LogP contribution in [0, 0.1) is 6.92 Å². The third kappa shape index (κ3) is 5.83. The van der Waals surface area contributed by atoms with Crippen LogP contribution in [0.2, 0.25) is 0 Å². The van der Waals surface area contributed by atoms with E-state index in [-0.39, 0.29) is 11.8 Å². The molecule has 2 aromatic rings. The van der Waals surface area contributed by atoms with Gasteiger partial charge in [0, 0.05) is 24.3 Å². The SMILES string of the molecule is Cc1nnc(C(=O)Nc2cccc(C(=O)NCCN3CCCCCC3)c2)s1. The van der Waals surface area contributed by atoms with Gasteiger partial charge in [0.25, 0.3) is 11.8 Å². The first-order valence-electron chi connectivity index (χ1n) is 9.34. The summed E-state index contributed by atoms with van der Waals surface area (Å²) in [6.07, 6.45) is 5.09. The summed E-state index contributed by atoms with van der Waals surface area (Å²) in [4.78, 5) is 27.0. The van der Waals surface area contributed by atoms with E-state index in [4.69, 9.17) is 0 Å². The molecule has 8 heteroatoms. The molecule has 7 nitrogen and oxygen atoms in total. The number of aryl methyl sites for hydroxylation is 1. The topological polar surface area (TPSA) is 87.2 Å². The first kappa shape index (κ1) is 19.4. The summed E-state index contributed by atoms with van der Waals surface area (Å²) in [6.45, 7) is 5.52. The zero-order chi connectivity index (χ0) is 19.1. The number of carbonyl (C=O) groups is 2. The van der Waals surface area contributed by atoms with Crippen molar-refractivity contribution < 1.29 is 9.59 Å². The van der Waals surface area contributed by atoms with Crippen LogP contribution in [0.25, 0.3) is 0 Å². The fourth-order valence-electron chi connectivity index (χ4n) is 3.10. The summed E-state index contributed by atoms with van der Waals surface area (Å²) >= 11 is 1.23. The van der Waals surface area contributed by atoms with Crippen molar-refractivity contribution >= 4 is 28.8 Å². The highest BCUT2D eigenvalue weighted by atomic mass is 32.1. The summed E-state index contributed by atoms with van der Waals surface area (Å²) in [6, 6.07) is 6.92. The van der Waals surface area contributed by atoms with E-state index in [0.29, 0.717) is 22.8 Å². The minimum absolute atomic E-state index is 0.132. The molecule has 2 heterocycles. The molecule has 0 atom stereocenters. The van der Waals surface area contributed by atoms with Crippen molar-refractivity contribution in [1.82, 2.24) is 20.4 Å². The first-order chi connectivity index (χ1) is 13.1. The summed E-state index contributed by atoms with van der Waals surface area (Å²) in [5, 5.41) is 14.4. The van der Waals surface area contributed by atoms with Crippen LogP contribution in [0.3, 0.4) is 0 Å². The van der Waals surface area contributed by atoms with Crippen LogP contribution in [-0.4, -0.2) is 53.1 Å². The Balaban J connectivity index is 1.51. The van der Waals surface area contributed by atoms with E-state index < -0.39 is 0 Å². The van der Waals surface area contributed by atoms with Crippen molar-refractivity contribution in [2.75, 3.05) is 31.5 Å². The minimum atomic E-state index is -0.320. The van der Waals surface area contributed by atoms with Crippen LogP contribution in [0.4, 0.5) is 5.69 Å². The van der Waals surface area contributed by atoms with Gasteiger partial charge in [0.2, 0.25) is 5.01 Å². The van der Waals surface area contributed by atoms with Crippen LogP contribution in [-0.2, 0) is 0 Å². The van der Waals surface area contributed by atoms with Gasteiger partial charge in [-0.05, 0) is 51.1 Å². The molecule has 1 saturated heterocycles. The second-order valence-corrected chi connectivity index (χ2v) is 7.85. The molecule has 0 saturated carbocycles. The maximum absolute atomic E-state index is 12.4. The second kappa shape index (κ2) is 9.57. The Bertz CT molecular complexity index is 784. The standard InChI is InChI=1S/C19H25N5O2S/c1-14-22-23-19(27-14)18(26)21-16-8-6-7-15(13-16)17(25)20-9-12-24-10-4-2-3-5-11-24/h6-8,13H,2-5,9-12H2,1H3,(H,20,25)(H,21,26). The predicted octanol–water partition coefficient (Wildman–Crippen LogP) is 2.70. The third-order valence-electron chi connectivity index (χ3n) is 4.52. The zero-order valence-electron chi connectivity index (χ0n) is 15.5. The second-order valence-electron chi connectivity index (χ2n) is 6.67. The average molecular weight is 388 g/mol. The lowest BCUT2D eigenvalue weighted by Gasteiger charge is -2.19. The lowest BCUT2D eigenvalue weighted by molar-refractivity contribution is 0.0947. The largest absolute Gasteiger partial charge is 0.351 e. The number of carbonyl (C=O) groups excluding carboxylic acids is 2. The summed E-state index contributed by atoms with van der Waals surface area (Å²) < 4.78 is 0. The Morgan fingerprint density at radius 3 is 2.59 bits per heavy atom. The number of likely N-dealkylation sites (tertiary alicyclic amines) is 1. The molecule has 0 spiro atoms. The van der Waals surface area contributed by atoms with E-state index in [1.807, 2.05) is 0 Å². The maximum Gasteiger partial charge on any atom is 0.286 e. The van der Waals surface area contributed by atoms with Crippen LogP contribution >= 0.6 is 11.3 Å². The maximum atomic E-state index is 12.4. The summed E-state index contributed by atoms with van der Waals surface area (Å²) in [5.74, 6) is -0.452. The number of rotatable bonds is 6. The monoisotopic (exact) mass is 387 g/mol. The van der Waals surface area contributed by atoms with Crippen molar-refractivity contribution in [2.45, 2.75) is 32.6 Å². The van der Waals surface area contributed by atoms with Gasteiger partial charge in [-0.3, -0.25) is 9.59 Å². The van der Waals surface area contributed by atoms with E-state index in [1.165, 1.54) is 37.0 Å². The molecule has 0 unspecified atom stereocenters. The highest BCUT2D eigenvalue weighted by molar-refractivity contribution is 7.13. The number of benzene rings is 1. The van der Waals surface area contributed by atoms with Gasteiger partial charge in [0.1, 0.15) is 5.01 Å². The van der Waals surface area contributed by atoms with E-state index in [0.717, 1.165) is 24.6 Å². The molecule has 27 heavy (non-hydrogen) atoms. The van der Waals surface area contributed by atoms with Gasteiger partial charge in [-0.15, -0.1) is 10.2 Å². The van der Waals surface area contributed by atoms with Gasteiger partial charge >= 0.3 is 0 Å². The van der Waals surface area contributed by atoms with Gasteiger partial charge in [-0.25, -0.2) is 0 Å². The highest BCUT2D eigenvalue weighted by Gasteiger charge is 2.13. The van der Waals surface area contributed by atoms with Gasteiger partial charge in [0.15, 0.2) is 0 Å². The normalized spacial score (nSPS) is 15.1. The van der Waals surface area contributed by atoms with Gasteiger partial charge in [-0.1, -0.05) is 30.2 Å². The first-order valence-corrected chi connectivity index (χ1v) is 10.2. The number of anilines is 1. The lowest BCUT2D eigenvalue weighted by Crippen LogP contribution is -2.35.